The minimum absolute atomic E-state index is 0.572. The number of nitrogens with one attached hydrogen (secondary N) is 1. The fraction of sp³-hybridized carbons (Fsp3) is 0.647. The second-order valence-electron chi connectivity index (χ2n) is 5.98. The van der Waals surface area contributed by atoms with Gasteiger partial charge in [0.25, 0.3) is 0 Å². The second-order valence-corrected chi connectivity index (χ2v) is 5.98. The van der Waals surface area contributed by atoms with Crippen molar-refractivity contribution in [2.45, 2.75) is 31.6 Å². The Morgan fingerprint density at radius 2 is 1.67 bits per heavy atom. The van der Waals surface area contributed by atoms with Crippen LogP contribution < -0.4 is 19.7 Å². The summed E-state index contributed by atoms with van der Waals surface area (Å²) in [5.74, 6) is 2.58. The number of hydrogen-bond acceptors (Lipinski definition) is 4. The Morgan fingerprint density at radius 3 is 2.29 bits per heavy atom. The fourth-order valence-electron chi connectivity index (χ4n) is 3.56. The van der Waals surface area contributed by atoms with Crippen molar-refractivity contribution in [3.8, 4) is 11.5 Å². The smallest absolute Gasteiger partial charge is 0.142 e. The van der Waals surface area contributed by atoms with Crippen molar-refractivity contribution in [3.05, 3.63) is 17.7 Å². The third kappa shape index (κ3) is 2.95. The van der Waals surface area contributed by atoms with Crippen LogP contribution in [0.5, 0.6) is 11.5 Å². The molecule has 1 aromatic carbocycles. The van der Waals surface area contributed by atoms with Crippen molar-refractivity contribution in [3.63, 3.8) is 0 Å². The van der Waals surface area contributed by atoms with Gasteiger partial charge in [-0.2, -0.15) is 0 Å². The largest absolute Gasteiger partial charge is 0.496 e. The average Bonchev–Trinajstić information content (AvgIpc) is 3.08. The maximum Gasteiger partial charge on any atom is 0.142 e. The molecular weight excluding hydrogens is 264 g/mol. The van der Waals surface area contributed by atoms with E-state index < -0.39 is 0 Å². The molecule has 2 aliphatic rings. The minimum Gasteiger partial charge on any atom is -0.496 e. The predicted molar refractivity (Wildman–Crippen MR) is 85.8 cm³/mol. The molecule has 1 N–H and O–H groups in total. The molecule has 2 aliphatic heterocycles. The Labute approximate surface area is 127 Å². The SMILES string of the molecule is COc1cc(N2CCCC2)c(OC)cc1C1CCNCC1. The van der Waals surface area contributed by atoms with Gasteiger partial charge in [0.1, 0.15) is 11.5 Å². The Kier molecular flexibility index (Phi) is 4.54. The van der Waals surface area contributed by atoms with Crippen molar-refractivity contribution in [2.24, 2.45) is 0 Å². The van der Waals surface area contributed by atoms with E-state index in [9.17, 15) is 0 Å². The molecule has 3 rings (SSSR count). The van der Waals surface area contributed by atoms with Crippen LogP contribution in [0.2, 0.25) is 0 Å². The van der Waals surface area contributed by atoms with Crippen molar-refractivity contribution < 1.29 is 9.47 Å². The summed E-state index contributed by atoms with van der Waals surface area (Å²) in [4.78, 5) is 2.41. The molecule has 0 atom stereocenters. The molecule has 0 bridgehead atoms. The van der Waals surface area contributed by atoms with Gasteiger partial charge in [0.2, 0.25) is 0 Å². The van der Waals surface area contributed by atoms with E-state index in [2.05, 4.69) is 22.3 Å². The normalized spacial score (nSPS) is 19.8. The maximum absolute atomic E-state index is 5.70. The fourth-order valence-corrected chi connectivity index (χ4v) is 3.56. The summed E-state index contributed by atoms with van der Waals surface area (Å²) in [5, 5.41) is 3.43. The topological polar surface area (TPSA) is 33.7 Å². The van der Waals surface area contributed by atoms with E-state index in [1.165, 1.54) is 36.9 Å². The van der Waals surface area contributed by atoms with Crippen molar-refractivity contribution >= 4 is 5.69 Å². The first kappa shape index (κ1) is 14.5. The Morgan fingerprint density at radius 1 is 1.00 bits per heavy atom. The van der Waals surface area contributed by atoms with Crippen LogP contribution in [-0.2, 0) is 0 Å². The summed E-state index contributed by atoms with van der Waals surface area (Å²) in [5.41, 5.74) is 2.49. The zero-order chi connectivity index (χ0) is 14.7. The summed E-state index contributed by atoms with van der Waals surface area (Å²) in [7, 11) is 3.55. The van der Waals surface area contributed by atoms with Gasteiger partial charge in [-0.1, -0.05) is 0 Å². The molecule has 0 spiro atoms. The van der Waals surface area contributed by atoms with E-state index in [1.54, 1.807) is 14.2 Å². The first-order chi connectivity index (χ1) is 10.3. The van der Waals surface area contributed by atoms with Gasteiger partial charge in [0.05, 0.1) is 19.9 Å². The lowest BCUT2D eigenvalue weighted by Crippen LogP contribution is -2.27. The number of methoxy groups -OCH3 is 2. The summed E-state index contributed by atoms with van der Waals surface area (Å²) in [6, 6.07) is 4.39. The highest BCUT2D eigenvalue weighted by Gasteiger charge is 2.24. The summed E-state index contributed by atoms with van der Waals surface area (Å²) in [6.45, 7) is 4.41. The molecule has 0 unspecified atom stereocenters. The Bertz CT molecular complexity index is 478. The molecule has 2 saturated heterocycles. The molecule has 0 amide bonds. The zero-order valence-electron chi connectivity index (χ0n) is 13.2. The van der Waals surface area contributed by atoms with Gasteiger partial charge in [-0.25, -0.2) is 0 Å². The highest BCUT2D eigenvalue weighted by Crippen LogP contribution is 2.41. The highest BCUT2D eigenvalue weighted by atomic mass is 16.5. The lowest BCUT2D eigenvalue weighted by molar-refractivity contribution is 0.383. The van der Waals surface area contributed by atoms with E-state index in [1.807, 2.05) is 0 Å². The quantitative estimate of drug-likeness (QED) is 0.924. The first-order valence-electron chi connectivity index (χ1n) is 8.05. The van der Waals surface area contributed by atoms with Crippen molar-refractivity contribution in [1.82, 2.24) is 5.32 Å². The van der Waals surface area contributed by atoms with Gasteiger partial charge in [-0.3, -0.25) is 0 Å². The van der Waals surface area contributed by atoms with Gasteiger partial charge in [-0.05, 0) is 50.8 Å². The van der Waals surface area contributed by atoms with E-state index in [0.29, 0.717) is 5.92 Å². The monoisotopic (exact) mass is 290 g/mol. The van der Waals surface area contributed by atoms with Gasteiger partial charge in [0, 0.05) is 24.7 Å². The molecule has 0 aromatic heterocycles. The van der Waals surface area contributed by atoms with E-state index >= 15 is 0 Å². The molecule has 21 heavy (non-hydrogen) atoms. The number of ether oxygens (including phenoxy) is 2. The molecule has 4 heteroatoms. The van der Waals surface area contributed by atoms with Crippen LogP contribution in [0.3, 0.4) is 0 Å². The van der Waals surface area contributed by atoms with Crippen LogP contribution in [0, 0.1) is 0 Å². The number of benzene rings is 1. The van der Waals surface area contributed by atoms with E-state index in [-0.39, 0.29) is 0 Å². The van der Waals surface area contributed by atoms with E-state index in [0.717, 1.165) is 37.7 Å². The van der Waals surface area contributed by atoms with Crippen molar-refractivity contribution in [1.29, 1.82) is 0 Å². The molecule has 4 nitrogen and oxygen atoms in total. The second kappa shape index (κ2) is 6.56. The number of nitrogens with zero attached hydrogens (tertiary/aromatic N) is 1. The number of piperidine rings is 1. The van der Waals surface area contributed by atoms with Gasteiger partial charge >= 0.3 is 0 Å². The van der Waals surface area contributed by atoms with Crippen LogP contribution >= 0.6 is 0 Å². The Hall–Kier alpha value is -1.42. The molecule has 2 heterocycles. The third-order valence-electron chi connectivity index (χ3n) is 4.76. The molecule has 0 radical (unpaired) electrons. The average molecular weight is 290 g/mol. The minimum atomic E-state index is 0.572. The first-order valence-corrected chi connectivity index (χ1v) is 8.05. The van der Waals surface area contributed by atoms with Crippen LogP contribution in [-0.4, -0.2) is 40.4 Å². The molecule has 1 aromatic rings. The Balaban J connectivity index is 1.96. The number of anilines is 1. The van der Waals surface area contributed by atoms with Gasteiger partial charge < -0.3 is 19.7 Å². The lowest BCUT2D eigenvalue weighted by atomic mass is 9.89. The van der Waals surface area contributed by atoms with Crippen LogP contribution in [0.4, 0.5) is 5.69 Å². The van der Waals surface area contributed by atoms with Crippen LogP contribution in [0.25, 0.3) is 0 Å². The predicted octanol–water partition coefficient (Wildman–Crippen LogP) is 2.77. The summed E-state index contributed by atoms with van der Waals surface area (Å²) < 4.78 is 11.4. The molecule has 116 valence electrons. The van der Waals surface area contributed by atoms with Crippen LogP contribution in [0.15, 0.2) is 12.1 Å². The molecular formula is C17H26N2O2. The maximum atomic E-state index is 5.70. The summed E-state index contributed by atoms with van der Waals surface area (Å²) in [6.07, 6.45) is 4.87. The van der Waals surface area contributed by atoms with Gasteiger partial charge in [0.15, 0.2) is 0 Å². The zero-order valence-corrected chi connectivity index (χ0v) is 13.2. The third-order valence-corrected chi connectivity index (χ3v) is 4.76. The number of rotatable bonds is 4. The van der Waals surface area contributed by atoms with Gasteiger partial charge in [-0.15, -0.1) is 0 Å². The number of hydrogen-bond donors (Lipinski definition) is 1. The van der Waals surface area contributed by atoms with E-state index in [4.69, 9.17) is 9.47 Å². The molecule has 0 saturated carbocycles. The summed E-state index contributed by atoms with van der Waals surface area (Å²) >= 11 is 0. The van der Waals surface area contributed by atoms with Crippen molar-refractivity contribution in [2.75, 3.05) is 45.3 Å². The highest BCUT2D eigenvalue weighted by molar-refractivity contribution is 5.65. The standard InChI is InChI=1S/C17H26N2O2/c1-20-16-12-15(19-9-3-4-10-19)17(21-2)11-14(16)13-5-7-18-8-6-13/h11-13,18H,3-10H2,1-2H3. The van der Waals surface area contributed by atoms with Crippen LogP contribution in [0.1, 0.15) is 37.2 Å². The lowest BCUT2D eigenvalue weighted by Gasteiger charge is -2.27. The molecule has 2 fully saturated rings. The molecule has 0 aliphatic carbocycles.